The molecule has 1 N–H and O–H groups in total. The molecule has 0 saturated carbocycles. The second-order valence-corrected chi connectivity index (χ2v) is 11.6. The van der Waals surface area contributed by atoms with Gasteiger partial charge in [-0.3, -0.25) is 4.79 Å². The van der Waals surface area contributed by atoms with Crippen LogP contribution >= 0.6 is 0 Å². The normalized spacial score (nSPS) is 21.0. The Hall–Kier alpha value is -4.11. The zero-order valence-electron chi connectivity index (χ0n) is 26.5. The van der Waals surface area contributed by atoms with Crippen molar-refractivity contribution in [2.24, 2.45) is 0 Å². The highest BCUT2D eigenvalue weighted by Crippen LogP contribution is 2.30. The summed E-state index contributed by atoms with van der Waals surface area (Å²) in [6.45, 7) is 5.36. The van der Waals surface area contributed by atoms with Crippen molar-refractivity contribution in [3.8, 4) is 0 Å². The molecule has 0 aliphatic carbocycles. The van der Waals surface area contributed by atoms with Gasteiger partial charge in [0.2, 0.25) is 5.91 Å². The summed E-state index contributed by atoms with van der Waals surface area (Å²) in [5.41, 5.74) is 4.95. The average molecular weight is 622 g/mol. The van der Waals surface area contributed by atoms with Crippen LogP contribution in [0.15, 0.2) is 133 Å². The molecule has 5 atom stereocenters. The van der Waals surface area contributed by atoms with Crippen LogP contribution in [-0.2, 0) is 54.9 Å². The number of rotatable bonds is 15. The molecule has 0 unspecified atom stereocenters. The molecule has 5 rings (SSSR count). The largest absolute Gasteiger partial charge is 0.374 e. The highest BCUT2D eigenvalue weighted by molar-refractivity contribution is 5.88. The van der Waals surface area contributed by atoms with Gasteiger partial charge in [0, 0.05) is 6.08 Å². The summed E-state index contributed by atoms with van der Waals surface area (Å²) in [4.78, 5) is 13.1. The molecule has 4 aromatic rings. The van der Waals surface area contributed by atoms with E-state index in [9.17, 15) is 4.79 Å². The fourth-order valence-corrected chi connectivity index (χ4v) is 5.35. The average Bonchev–Trinajstić information content (AvgIpc) is 3.08. The summed E-state index contributed by atoms with van der Waals surface area (Å²) in [5, 5.41) is 3.04. The van der Waals surface area contributed by atoms with Gasteiger partial charge in [-0.2, -0.15) is 0 Å². The third kappa shape index (κ3) is 10.2. The standard InChI is InChI=1S/C39H43NO6/c1-29(2)23-35(41)40-39-38(45-27-33-21-13-6-14-22-33)37(44-26-32-19-11-5-12-20-32)36(43-25-31-17-9-4-10-18-31)34(46-39)28-42-24-30-15-7-3-8-16-30/h3-23,34,36-39H,24-28H2,1-2H3,(H,40,41)/t34-,36-,37+,38-,39-/m1/s1. The van der Waals surface area contributed by atoms with Gasteiger partial charge in [-0.25, -0.2) is 0 Å². The van der Waals surface area contributed by atoms with Crippen molar-refractivity contribution < 1.29 is 28.5 Å². The van der Waals surface area contributed by atoms with Crippen molar-refractivity contribution in [2.45, 2.75) is 70.9 Å². The summed E-state index contributed by atoms with van der Waals surface area (Å²) in [6.07, 6.45) is -1.71. The number of amides is 1. The highest BCUT2D eigenvalue weighted by atomic mass is 16.6. The molecule has 1 fully saturated rings. The van der Waals surface area contributed by atoms with Gasteiger partial charge in [-0.15, -0.1) is 0 Å². The summed E-state index contributed by atoms with van der Waals surface area (Å²) < 4.78 is 32.8. The first-order valence-electron chi connectivity index (χ1n) is 15.7. The predicted molar refractivity (Wildman–Crippen MR) is 177 cm³/mol. The Balaban J connectivity index is 1.46. The van der Waals surface area contributed by atoms with Crippen LogP contribution in [-0.4, -0.2) is 43.2 Å². The number of allylic oxidation sites excluding steroid dienone is 1. The van der Waals surface area contributed by atoms with Crippen molar-refractivity contribution in [3.05, 3.63) is 155 Å². The van der Waals surface area contributed by atoms with Gasteiger partial charge >= 0.3 is 0 Å². The highest BCUT2D eigenvalue weighted by Gasteiger charge is 2.49. The van der Waals surface area contributed by atoms with Gasteiger partial charge in [0.1, 0.15) is 24.4 Å². The number of benzene rings is 4. The van der Waals surface area contributed by atoms with Crippen LogP contribution in [0.25, 0.3) is 0 Å². The Morgan fingerprint density at radius 2 is 1.02 bits per heavy atom. The van der Waals surface area contributed by atoms with E-state index in [4.69, 9.17) is 23.7 Å². The first-order chi connectivity index (χ1) is 22.5. The Bertz CT molecular complexity index is 1480. The molecule has 0 aromatic heterocycles. The van der Waals surface area contributed by atoms with E-state index in [0.29, 0.717) is 26.4 Å². The van der Waals surface area contributed by atoms with E-state index in [0.717, 1.165) is 27.8 Å². The monoisotopic (exact) mass is 621 g/mol. The minimum absolute atomic E-state index is 0.222. The fourth-order valence-electron chi connectivity index (χ4n) is 5.35. The number of hydrogen-bond donors (Lipinski definition) is 1. The molecule has 1 aliphatic heterocycles. The number of ether oxygens (including phenoxy) is 5. The smallest absolute Gasteiger partial charge is 0.245 e. The summed E-state index contributed by atoms with van der Waals surface area (Å²) in [5.74, 6) is -0.271. The maximum Gasteiger partial charge on any atom is 0.245 e. The van der Waals surface area contributed by atoms with Crippen molar-refractivity contribution in [2.75, 3.05) is 6.61 Å². The molecule has 0 bridgehead atoms. The fraction of sp³-hybridized carbons (Fsp3) is 0.308. The zero-order chi connectivity index (χ0) is 32.0. The minimum Gasteiger partial charge on any atom is -0.374 e. The van der Waals surface area contributed by atoms with E-state index in [2.05, 4.69) is 5.32 Å². The SMILES string of the molecule is CC(C)=CC(=O)N[C@@H]1O[C@H](COCc2ccccc2)[C@@H](OCc2ccccc2)[C@H](OCc2ccccc2)[C@H]1OCc1ccccc1. The first-order valence-corrected chi connectivity index (χ1v) is 15.7. The van der Waals surface area contributed by atoms with Crippen molar-refractivity contribution in [1.82, 2.24) is 5.32 Å². The lowest BCUT2D eigenvalue weighted by Gasteiger charge is -2.46. The molecule has 0 radical (unpaired) electrons. The second-order valence-electron chi connectivity index (χ2n) is 11.6. The van der Waals surface area contributed by atoms with Crippen molar-refractivity contribution >= 4 is 5.91 Å². The summed E-state index contributed by atoms with van der Waals surface area (Å²) >= 11 is 0. The molecule has 1 saturated heterocycles. The number of carbonyl (C=O) groups is 1. The van der Waals surface area contributed by atoms with Crippen LogP contribution in [0.2, 0.25) is 0 Å². The number of nitrogens with one attached hydrogen (secondary N) is 1. The Morgan fingerprint density at radius 1 is 0.609 bits per heavy atom. The second kappa shape index (κ2) is 17.5. The van der Waals surface area contributed by atoms with E-state index < -0.39 is 30.6 Å². The van der Waals surface area contributed by atoms with E-state index in [1.54, 1.807) is 6.08 Å². The minimum atomic E-state index is -0.825. The molecular weight excluding hydrogens is 578 g/mol. The van der Waals surface area contributed by atoms with Crippen LogP contribution in [0.4, 0.5) is 0 Å². The van der Waals surface area contributed by atoms with E-state index >= 15 is 0 Å². The van der Waals surface area contributed by atoms with Gasteiger partial charge in [-0.05, 0) is 36.1 Å². The zero-order valence-corrected chi connectivity index (χ0v) is 26.5. The Kier molecular flexibility index (Phi) is 12.7. The van der Waals surface area contributed by atoms with Crippen LogP contribution < -0.4 is 5.32 Å². The third-order valence-electron chi connectivity index (χ3n) is 7.59. The van der Waals surface area contributed by atoms with Crippen LogP contribution in [0.3, 0.4) is 0 Å². The van der Waals surface area contributed by atoms with Crippen LogP contribution in [0, 0.1) is 0 Å². The molecule has 4 aromatic carbocycles. The van der Waals surface area contributed by atoms with Gasteiger partial charge in [0.05, 0.1) is 33.0 Å². The van der Waals surface area contributed by atoms with Crippen molar-refractivity contribution in [3.63, 3.8) is 0 Å². The lowest BCUT2D eigenvalue weighted by atomic mass is 9.96. The molecule has 7 nitrogen and oxygen atoms in total. The molecule has 0 spiro atoms. The Labute approximate surface area is 272 Å². The molecule has 1 amide bonds. The van der Waals surface area contributed by atoms with Gasteiger partial charge in [-0.1, -0.05) is 127 Å². The molecule has 240 valence electrons. The molecule has 7 heteroatoms. The first kappa shape index (κ1) is 33.3. The summed E-state index contributed by atoms with van der Waals surface area (Å²) in [7, 11) is 0. The maximum absolute atomic E-state index is 13.1. The topological polar surface area (TPSA) is 75.3 Å². The van der Waals surface area contributed by atoms with Crippen LogP contribution in [0.1, 0.15) is 36.1 Å². The van der Waals surface area contributed by atoms with E-state index in [1.165, 1.54) is 0 Å². The maximum atomic E-state index is 13.1. The van der Waals surface area contributed by atoms with Gasteiger partial charge in [0.15, 0.2) is 6.23 Å². The van der Waals surface area contributed by atoms with Crippen molar-refractivity contribution in [1.29, 1.82) is 0 Å². The van der Waals surface area contributed by atoms with Gasteiger partial charge < -0.3 is 29.0 Å². The van der Waals surface area contributed by atoms with E-state index in [-0.39, 0.29) is 12.5 Å². The molecule has 1 heterocycles. The predicted octanol–water partition coefficient (Wildman–Crippen LogP) is 6.77. The lowest BCUT2D eigenvalue weighted by molar-refractivity contribution is -0.277. The quantitative estimate of drug-likeness (QED) is 0.148. The summed E-state index contributed by atoms with van der Waals surface area (Å²) in [6, 6.07) is 39.9. The van der Waals surface area contributed by atoms with E-state index in [1.807, 2.05) is 135 Å². The van der Waals surface area contributed by atoms with Crippen LogP contribution in [0.5, 0.6) is 0 Å². The molecular formula is C39H43NO6. The number of hydrogen-bond acceptors (Lipinski definition) is 6. The Morgan fingerprint density at radius 3 is 1.48 bits per heavy atom. The van der Waals surface area contributed by atoms with Gasteiger partial charge in [0.25, 0.3) is 0 Å². The molecule has 1 aliphatic rings. The lowest BCUT2D eigenvalue weighted by Crippen LogP contribution is -2.65. The number of carbonyl (C=O) groups excluding carboxylic acids is 1. The molecule has 46 heavy (non-hydrogen) atoms. The third-order valence-corrected chi connectivity index (χ3v) is 7.59.